The van der Waals surface area contributed by atoms with Gasteiger partial charge in [0.2, 0.25) is 0 Å². The fourth-order valence-electron chi connectivity index (χ4n) is 1.68. The number of rotatable bonds is 5. The summed E-state index contributed by atoms with van der Waals surface area (Å²) >= 11 is 0. The average molecular weight is 222 g/mol. The summed E-state index contributed by atoms with van der Waals surface area (Å²) in [5.74, 6) is 0. The molecule has 1 N–H and O–H groups in total. The van der Waals surface area contributed by atoms with Crippen LogP contribution in [0.4, 0.5) is 0 Å². The number of pyridine rings is 1. The number of nitrogens with zero attached hydrogens (tertiary/aromatic N) is 1. The van der Waals surface area contributed by atoms with Crippen LogP contribution in [0.15, 0.2) is 12.1 Å². The molecule has 0 bridgehead atoms. The lowest BCUT2D eigenvalue weighted by molar-refractivity contribution is 0.0624. The first-order valence-corrected chi connectivity index (χ1v) is 5.77. The molecule has 0 aliphatic heterocycles. The van der Waals surface area contributed by atoms with Gasteiger partial charge in [-0.2, -0.15) is 0 Å². The van der Waals surface area contributed by atoms with Crippen molar-refractivity contribution in [3.05, 3.63) is 29.1 Å². The summed E-state index contributed by atoms with van der Waals surface area (Å²) in [7, 11) is 1.95. The standard InChI is InChI=1S/C13H22N2O/c1-9(2)16-8-13(14-5)12-7-6-10(3)15-11(12)4/h6-7,9,13-14H,8H2,1-5H3. The van der Waals surface area contributed by atoms with Gasteiger partial charge in [-0.05, 0) is 46.4 Å². The first kappa shape index (κ1) is 13.1. The quantitative estimate of drug-likeness (QED) is 0.830. The second-order valence-corrected chi connectivity index (χ2v) is 4.35. The molecule has 1 aromatic heterocycles. The van der Waals surface area contributed by atoms with Crippen LogP contribution in [0.1, 0.15) is 36.8 Å². The minimum Gasteiger partial charge on any atom is -0.377 e. The Kier molecular flexibility index (Phi) is 4.90. The van der Waals surface area contributed by atoms with Gasteiger partial charge in [0, 0.05) is 11.4 Å². The lowest BCUT2D eigenvalue weighted by atomic mass is 10.1. The molecule has 1 aromatic rings. The summed E-state index contributed by atoms with van der Waals surface area (Å²) in [4.78, 5) is 4.47. The fraction of sp³-hybridized carbons (Fsp3) is 0.615. The molecule has 3 nitrogen and oxygen atoms in total. The number of aryl methyl sites for hydroxylation is 2. The number of nitrogens with one attached hydrogen (secondary N) is 1. The lowest BCUT2D eigenvalue weighted by Crippen LogP contribution is -2.24. The lowest BCUT2D eigenvalue weighted by Gasteiger charge is -2.20. The number of ether oxygens (including phenoxy) is 1. The van der Waals surface area contributed by atoms with Crippen molar-refractivity contribution in [3.63, 3.8) is 0 Å². The highest BCUT2D eigenvalue weighted by Gasteiger charge is 2.13. The van der Waals surface area contributed by atoms with Gasteiger partial charge in [0.05, 0.1) is 18.8 Å². The number of likely N-dealkylation sites (N-methyl/N-ethyl adjacent to an activating group) is 1. The maximum absolute atomic E-state index is 5.64. The zero-order chi connectivity index (χ0) is 12.1. The minimum absolute atomic E-state index is 0.218. The summed E-state index contributed by atoms with van der Waals surface area (Å²) in [5, 5.41) is 3.27. The van der Waals surface area contributed by atoms with E-state index >= 15 is 0 Å². The second-order valence-electron chi connectivity index (χ2n) is 4.35. The van der Waals surface area contributed by atoms with Crippen molar-refractivity contribution in [1.29, 1.82) is 0 Å². The van der Waals surface area contributed by atoms with E-state index in [1.165, 1.54) is 5.56 Å². The summed E-state index contributed by atoms with van der Waals surface area (Å²) in [5.41, 5.74) is 3.35. The van der Waals surface area contributed by atoms with Crippen LogP contribution in [0, 0.1) is 13.8 Å². The summed E-state index contributed by atoms with van der Waals surface area (Å²) in [6.45, 7) is 8.83. The number of hydrogen-bond donors (Lipinski definition) is 1. The Labute approximate surface area is 98.2 Å². The van der Waals surface area contributed by atoms with Gasteiger partial charge in [0.1, 0.15) is 0 Å². The van der Waals surface area contributed by atoms with Crippen molar-refractivity contribution in [2.75, 3.05) is 13.7 Å². The van der Waals surface area contributed by atoms with Crippen LogP contribution in [0.3, 0.4) is 0 Å². The molecule has 90 valence electrons. The Hall–Kier alpha value is -0.930. The molecule has 0 spiro atoms. The normalized spacial score (nSPS) is 13.1. The maximum atomic E-state index is 5.64. The van der Waals surface area contributed by atoms with E-state index in [0.717, 1.165) is 11.4 Å². The molecule has 0 aliphatic carbocycles. The van der Waals surface area contributed by atoms with E-state index in [4.69, 9.17) is 4.74 Å². The first-order valence-electron chi connectivity index (χ1n) is 5.77. The molecule has 1 unspecified atom stereocenters. The predicted octanol–water partition coefficient (Wildman–Crippen LogP) is 2.38. The van der Waals surface area contributed by atoms with Gasteiger partial charge in [-0.3, -0.25) is 4.98 Å². The fourth-order valence-corrected chi connectivity index (χ4v) is 1.68. The largest absolute Gasteiger partial charge is 0.377 e. The highest BCUT2D eigenvalue weighted by Crippen LogP contribution is 2.17. The molecule has 1 heterocycles. The van der Waals surface area contributed by atoms with Gasteiger partial charge in [0.15, 0.2) is 0 Å². The van der Waals surface area contributed by atoms with E-state index in [9.17, 15) is 0 Å². The van der Waals surface area contributed by atoms with Gasteiger partial charge in [-0.1, -0.05) is 6.07 Å². The SMILES string of the molecule is CNC(COC(C)C)c1ccc(C)nc1C. The van der Waals surface area contributed by atoms with Crippen molar-refractivity contribution >= 4 is 0 Å². The zero-order valence-corrected chi connectivity index (χ0v) is 10.9. The Morgan fingerprint density at radius 3 is 2.50 bits per heavy atom. The molecule has 0 aliphatic rings. The Balaban J connectivity index is 2.78. The zero-order valence-electron chi connectivity index (χ0n) is 10.9. The molecule has 1 atom stereocenters. The van der Waals surface area contributed by atoms with Gasteiger partial charge >= 0.3 is 0 Å². The summed E-state index contributed by atoms with van der Waals surface area (Å²) < 4.78 is 5.64. The topological polar surface area (TPSA) is 34.1 Å². The van der Waals surface area contributed by atoms with Crippen molar-refractivity contribution in [2.45, 2.75) is 39.8 Å². The number of hydrogen-bond acceptors (Lipinski definition) is 3. The van der Waals surface area contributed by atoms with E-state index in [0.29, 0.717) is 6.61 Å². The van der Waals surface area contributed by atoms with Gasteiger partial charge in [-0.15, -0.1) is 0 Å². The van der Waals surface area contributed by atoms with E-state index < -0.39 is 0 Å². The second kappa shape index (κ2) is 5.97. The van der Waals surface area contributed by atoms with E-state index in [1.807, 2.05) is 40.8 Å². The van der Waals surface area contributed by atoms with Crippen LogP contribution in [0.5, 0.6) is 0 Å². The molecule has 16 heavy (non-hydrogen) atoms. The molecular formula is C13H22N2O. The first-order chi connectivity index (χ1) is 7.54. The van der Waals surface area contributed by atoms with Gasteiger partial charge < -0.3 is 10.1 Å². The Morgan fingerprint density at radius 2 is 2.00 bits per heavy atom. The van der Waals surface area contributed by atoms with Gasteiger partial charge in [0.25, 0.3) is 0 Å². The maximum Gasteiger partial charge on any atom is 0.0665 e. The van der Waals surface area contributed by atoms with Crippen LogP contribution in [0.25, 0.3) is 0 Å². The highest BCUT2D eigenvalue weighted by molar-refractivity contribution is 5.25. The molecule has 0 saturated heterocycles. The molecule has 0 radical (unpaired) electrons. The van der Waals surface area contributed by atoms with E-state index in [2.05, 4.69) is 16.4 Å². The molecule has 1 rings (SSSR count). The molecule has 0 fully saturated rings. The summed E-state index contributed by atoms with van der Waals surface area (Å²) in [6, 6.07) is 4.39. The third kappa shape index (κ3) is 3.58. The molecule has 0 saturated carbocycles. The Bertz CT molecular complexity index is 337. The third-order valence-corrected chi connectivity index (χ3v) is 2.59. The molecule has 3 heteroatoms. The van der Waals surface area contributed by atoms with Gasteiger partial charge in [-0.25, -0.2) is 0 Å². The molecule has 0 aromatic carbocycles. The van der Waals surface area contributed by atoms with Crippen molar-refractivity contribution in [2.24, 2.45) is 0 Å². The van der Waals surface area contributed by atoms with E-state index in [-0.39, 0.29) is 12.1 Å². The van der Waals surface area contributed by atoms with E-state index in [1.54, 1.807) is 0 Å². The third-order valence-electron chi connectivity index (χ3n) is 2.59. The van der Waals surface area contributed by atoms with Crippen LogP contribution >= 0.6 is 0 Å². The minimum atomic E-state index is 0.218. The number of aromatic nitrogens is 1. The molecule has 0 amide bonds. The Morgan fingerprint density at radius 1 is 1.31 bits per heavy atom. The predicted molar refractivity (Wildman–Crippen MR) is 66.6 cm³/mol. The monoisotopic (exact) mass is 222 g/mol. The van der Waals surface area contributed by atoms with Crippen LogP contribution in [0.2, 0.25) is 0 Å². The van der Waals surface area contributed by atoms with Crippen molar-refractivity contribution in [1.82, 2.24) is 10.3 Å². The smallest absolute Gasteiger partial charge is 0.0665 e. The molecular weight excluding hydrogens is 200 g/mol. The average Bonchev–Trinajstić information content (AvgIpc) is 2.21. The van der Waals surface area contributed by atoms with Crippen molar-refractivity contribution in [3.8, 4) is 0 Å². The summed E-state index contributed by atoms with van der Waals surface area (Å²) in [6.07, 6.45) is 0.259. The van der Waals surface area contributed by atoms with Crippen LogP contribution in [-0.4, -0.2) is 24.7 Å². The van der Waals surface area contributed by atoms with Crippen molar-refractivity contribution < 1.29 is 4.74 Å². The van der Waals surface area contributed by atoms with Crippen LogP contribution < -0.4 is 5.32 Å². The van der Waals surface area contributed by atoms with Crippen LogP contribution in [-0.2, 0) is 4.74 Å². The highest BCUT2D eigenvalue weighted by atomic mass is 16.5.